The number of hydrogen-bond donors (Lipinski definition) is 3. The molecule has 2 aromatic heterocycles. The van der Waals surface area contributed by atoms with Crippen molar-refractivity contribution in [1.82, 2.24) is 15.2 Å². The molecule has 21 heavy (non-hydrogen) atoms. The van der Waals surface area contributed by atoms with Gasteiger partial charge < -0.3 is 15.8 Å². The second-order valence-corrected chi connectivity index (χ2v) is 4.53. The van der Waals surface area contributed by atoms with E-state index < -0.39 is 5.82 Å². The SMILES string of the molecule is COc1ccc(CNc2nc3[nH]nc(N)c3cc2F)cc1. The Hall–Kier alpha value is -2.83. The Balaban J connectivity index is 1.79. The number of rotatable bonds is 4. The molecule has 0 saturated carbocycles. The number of pyridine rings is 1. The van der Waals surface area contributed by atoms with E-state index in [2.05, 4.69) is 20.5 Å². The van der Waals surface area contributed by atoms with E-state index in [0.29, 0.717) is 17.6 Å². The summed E-state index contributed by atoms with van der Waals surface area (Å²) in [6, 6.07) is 8.81. The summed E-state index contributed by atoms with van der Waals surface area (Å²) in [4.78, 5) is 4.14. The number of aromatic amines is 1. The normalized spacial score (nSPS) is 10.8. The molecule has 108 valence electrons. The van der Waals surface area contributed by atoms with Gasteiger partial charge >= 0.3 is 0 Å². The van der Waals surface area contributed by atoms with Crippen LogP contribution in [0.5, 0.6) is 5.75 Å². The maximum Gasteiger partial charge on any atom is 0.166 e. The highest BCUT2D eigenvalue weighted by Gasteiger charge is 2.10. The van der Waals surface area contributed by atoms with Crippen molar-refractivity contribution in [3.63, 3.8) is 0 Å². The summed E-state index contributed by atoms with van der Waals surface area (Å²) < 4.78 is 19.0. The zero-order valence-electron chi connectivity index (χ0n) is 11.4. The van der Waals surface area contributed by atoms with Crippen molar-refractivity contribution < 1.29 is 9.13 Å². The van der Waals surface area contributed by atoms with Crippen LogP contribution in [-0.4, -0.2) is 22.3 Å². The number of nitrogens with one attached hydrogen (secondary N) is 2. The number of hydrogen-bond acceptors (Lipinski definition) is 5. The number of nitrogens with zero attached hydrogens (tertiary/aromatic N) is 2. The van der Waals surface area contributed by atoms with Gasteiger partial charge in [-0.2, -0.15) is 5.10 Å². The zero-order chi connectivity index (χ0) is 14.8. The summed E-state index contributed by atoms with van der Waals surface area (Å²) in [7, 11) is 1.61. The van der Waals surface area contributed by atoms with Gasteiger partial charge in [0.2, 0.25) is 0 Å². The highest BCUT2D eigenvalue weighted by atomic mass is 19.1. The van der Waals surface area contributed by atoms with Crippen LogP contribution in [0, 0.1) is 5.82 Å². The largest absolute Gasteiger partial charge is 0.497 e. The third kappa shape index (κ3) is 2.58. The van der Waals surface area contributed by atoms with E-state index in [1.54, 1.807) is 7.11 Å². The van der Waals surface area contributed by atoms with Gasteiger partial charge in [-0.05, 0) is 23.8 Å². The number of ether oxygens (including phenoxy) is 1. The van der Waals surface area contributed by atoms with Crippen molar-refractivity contribution in [2.75, 3.05) is 18.2 Å². The molecule has 3 rings (SSSR count). The monoisotopic (exact) mass is 287 g/mol. The van der Waals surface area contributed by atoms with Crippen LogP contribution in [0.25, 0.3) is 11.0 Å². The minimum atomic E-state index is -0.468. The molecular formula is C14H14FN5O. The molecule has 0 bridgehead atoms. The summed E-state index contributed by atoms with van der Waals surface area (Å²) in [6.07, 6.45) is 0. The molecule has 4 N–H and O–H groups in total. The van der Waals surface area contributed by atoms with Gasteiger partial charge in [0.25, 0.3) is 0 Å². The number of aromatic nitrogens is 3. The fraction of sp³-hybridized carbons (Fsp3) is 0.143. The van der Waals surface area contributed by atoms with Gasteiger partial charge in [-0.25, -0.2) is 9.37 Å². The van der Waals surface area contributed by atoms with Gasteiger partial charge in [0.05, 0.1) is 12.5 Å². The van der Waals surface area contributed by atoms with Gasteiger partial charge in [0.1, 0.15) is 5.75 Å². The molecule has 0 atom stereocenters. The van der Waals surface area contributed by atoms with Crippen molar-refractivity contribution in [2.45, 2.75) is 6.54 Å². The van der Waals surface area contributed by atoms with Gasteiger partial charge in [-0.1, -0.05) is 12.1 Å². The lowest BCUT2D eigenvalue weighted by Crippen LogP contribution is -2.04. The molecule has 0 spiro atoms. The maximum absolute atomic E-state index is 14.0. The summed E-state index contributed by atoms with van der Waals surface area (Å²) in [5.41, 5.74) is 7.04. The van der Waals surface area contributed by atoms with E-state index in [4.69, 9.17) is 10.5 Å². The van der Waals surface area contributed by atoms with Crippen molar-refractivity contribution in [3.8, 4) is 5.75 Å². The molecule has 0 unspecified atom stereocenters. The van der Waals surface area contributed by atoms with E-state index in [1.165, 1.54) is 6.07 Å². The van der Waals surface area contributed by atoms with Gasteiger partial charge in [0.15, 0.2) is 23.1 Å². The number of fused-ring (bicyclic) bond motifs is 1. The fourth-order valence-electron chi connectivity index (χ4n) is 2.00. The van der Waals surface area contributed by atoms with E-state index in [-0.39, 0.29) is 11.6 Å². The summed E-state index contributed by atoms with van der Waals surface area (Å²) in [5, 5.41) is 9.88. The summed E-state index contributed by atoms with van der Waals surface area (Å²) in [6.45, 7) is 0.447. The predicted octanol–water partition coefficient (Wildman–Crippen LogP) is 2.30. The minimum Gasteiger partial charge on any atom is -0.497 e. The topological polar surface area (TPSA) is 88.8 Å². The number of methoxy groups -OCH3 is 1. The highest BCUT2D eigenvalue weighted by molar-refractivity contribution is 5.86. The lowest BCUT2D eigenvalue weighted by Gasteiger charge is -2.07. The molecule has 0 radical (unpaired) electrons. The molecule has 0 aliphatic heterocycles. The molecule has 7 heteroatoms. The molecular weight excluding hydrogens is 273 g/mol. The Bertz CT molecular complexity index is 769. The first-order valence-corrected chi connectivity index (χ1v) is 6.34. The van der Waals surface area contributed by atoms with Crippen LogP contribution in [0.4, 0.5) is 16.0 Å². The van der Waals surface area contributed by atoms with Gasteiger partial charge in [-0.3, -0.25) is 5.10 Å². The third-order valence-electron chi connectivity index (χ3n) is 3.15. The Kier molecular flexibility index (Phi) is 3.31. The maximum atomic E-state index is 14.0. The standard InChI is InChI=1S/C14H14FN5O/c1-21-9-4-2-8(3-5-9)7-17-14-11(15)6-10-12(16)19-20-13(10)18-14/h2-6H,7H2,1H3,(H4,16,17,18,19,20). The number of nitrogen functional groups attached to an aromatic ring is 1. The number of halogens is 1. The molecule has 0 saturated heterocycles. The van der Waals surface area contributed by atoms with Crippen LogP contribution in [0.2, 0.25) is 0 Å². The van der Waals surface area contributed by atoms with E-state index in [1.807, 2.05) is 24.3 Å². The van der Waals surface area contributed by atoms with E-state index in [9.17, 15) is 4.39 Å². The van der Waals surface area contributed by atoms with E-state index >= 15 is 0 Å². The Labute approximate surface area is 120 Å². The van der Waals surface area contributed by atoms with E-state index in [0.717, 1.165) is 11.3 Å². The first kappa shape index (κ1) is 13.2. The number of benzene rings is 1. The number of anilines is 2. The second-order valence-electron chi connectivity index (χ2n) is 4.53. The molecule has 3 aromatic rings. The van der Waals surface area contributed by atoms with Crippen molar-refractivity contribution >= 4 is 22.7 Å². The van der Waals surface area contributed by atoms with Crippen LogP contribution in [0.1, 0.15) is 5.56 Å². The first-order chi connectivity index (χ1) is 10.2. The molecule has 0 fully saturated rings. The lowest BCUT2D eigenvalue weighted by atomic mass is 10.2. The predicted molar refractivity (Wildman–Crippen MR) is 78.6 cm³/mol. The quantitative estimate of drug-likeness (QED) is 0.685. The molecule has 0 amide bonds. The summed E-state index contributed by atoms with van der Waals surface area (Å²) >= 11 is 0. The van der Waals surface area contributed by atoms with Crippen molar-refractivity contribution in [2.24, 2.45) is 0 Å². The van der Waals surface area contributed by atoms with Crippen LogP contribution >= 0.6 is 0 Å². The number of nitrogens with two attached hydrogens (primary N) is 1. The molecule has 6 nitrogen and oxygen atoms in total. The Morgan fingerprint density at radius 2 is 2.10 bits per heavy atom. The minimum absolute atomic E-state index is 0.155. The first-order valence-electron chi connectivity index (χ1n) is 6.34. The smallest absolute Gasteiger partial charge is 0.166 e. The van der Waals surface area contributed by atoms with Crippen LogP contribution in [0.3, 0.4) is 0 Å². The van der Waals surface area contributed by atoms with Crippen LogP contribution in [-0.2, 0) is 6.54 Å². The molecule has 1 aromatic carbocycles. The van der Waals surface area contributed by atoms with Crippen molar-refractivity contribution in [3.05, 3.63) is 41.7 Å². The van der Waals surface area contributed by atoms with Crippen LogP contribution in [0.15, 0.2) is 30.3 Å². The third-order valence-corrected chi connectivity index (χ3v) is 3.15. The van der Waals surface area contributed by atoms with Crippen molar-refractivity contribution in [1.29, 1.82) is 0 Å². The fourth-order valence-corrected chi connectivity index (χ4v) is 2.00. The second kappa shape index (κ2) is 5.28. The highest BCUT2D eigenvalue weighted by Crippen LogP contribution is 2.22. The van der Waals surface area contributed by atoms with Gasteiger partial charge in [-0.15, -0.1) is 0 Å². The number of H-pyrrole nitrogens is 1. The molecule has 0 aliphatic rings. The Morgan fingerprint density at radius 1 is 1.33 bits per heavy atom. The molecule has 0 aliphatic carbocycles. The lowest BCUT2D eigenvalue weighted by molar-refractivity contribution is 0.414. The molecule has 2 heterocycles. The Morgan fingerprint density at radius 3 is 2.81 bits per heavy atom. The van der Waals surface area contributed by atoms with Crippen LogP contribution < -0.4 is 15.8 Å². The zero-order valence-corrected chi connectivity index (χ0v) is 11.4. The van der Waals surface area contributed by atoms with Gasteiger partial charge in [0, 0.05) is 6.54 Å². The average Bonchev–Trinajstić information content (AvgIpc) is 2.86. The average molecular weight is 287 g/mol. The summed E-state index contributed by atoms with van der Waals surface area (Å²) in [5.74, 6) is 0.696.